The minimum absolute atomic E-state index is 0.139. The smallest absolute Gasteiger partial charge is 0.243 e. The standard InChI is InChI=1S/C16H21N3O/c1-2-6-14(17)16-18-15(19-20-16)13-10-5-8-11-7-3-4-9-12(11)13/h3-4,7,9,13-14H,2,5-6,8,10,17H2,1H3. The highest BCUT2D eigenvalue weighted by atomic mass is 16.5. The van der Waals surface area contributed by atoms with Crippen molar-refractivity contribution in [1.29, 1.82) is 0 Å². The van der Waals surface area contributed by atoms with Crippen LogP contribution < -0.4 is 5.73 Å². The topological polar surface area (TPSA) is 64.9 Å². The highest BCUT2D eigenvalue weighted by Crippen LogP contribution is 2.35. The van der Waals surface area contributed by atoms with Gasteiger partial charge in [0.1, 0.15) is 0 Å². The van der Waals surface area contributed by atoms with Crippen LogP contribution >= 0.6 is 0 Å². The Bertz CT molecular complexity index is 579. The van der Waals surface area contributed by atoms with Gasteiger partial charge < -0.3 is 10.3 Å². The Morgan fingerprint density at radius 3 is 3.10 bits per heavy atom. The monoisotopic (exact) mass is 271 g/mol. The van der Waals surface area contributed by atoms with Gasteiger partial charge in [-0.05, 0) is 36.8 Å². The van der Waals surface area contributed by atoms with Crippen LogP contribution in [0.1, 0.15) is 67.4 Å². The molecule has 1 aliphatic carbocycles. The van der Waals surface area contributed by atoms with Crippen molar-refractivity contribution in [3.05, 3.63) is 47.1 Å². The van der Waals surface area contributed by atoms with E-state index >= 15 is 0 Å². The predicted octanol–water partition coefficient (Wildman–Crippen LogP) is 3.34. The van der Waals surface area contributed by atoms with E-state index in [-0.39, 0.29) is 12.0 Å². The van der Waals surface area contributed by atoms with Crippen molar-refractivity contribution in [3.63, 3.8) is 0 Å². The summed E-state index contributed by atoms with van der Waals surface area (Å²) in [5.74, 6) is 1.62. The summed E-state index contributed by atoms with van der Waals surface area (Å²) in [4.78, 5) is 4.55. The lowest BCUT2D eigenvalue weighted by atomic mass is 9.82. The molecule has 0 fully saturated rings. The number of aromatic nitrogens is 2. The third-order valence-corrected chi connectivity index (χ3v) is 4.06. The number of nitrogens with zero attached hydrogens (tertiary/aromatic N) is 2. The van der Waals surface area contributed by atoms with Gasteiger partial charge in [0, 0.05) is 5.92 Å². The molecule has 0 radical (unpaired) electrons. The predicted molar refractivity (Wildman–Crippen MR) is 77.4 cm³/mol. The van der Waals surface area contributed by atoms with Gasteiger partial charge in [-0.25, -0.2) is 0 Å². The molecule has 106 valence electrons. The number of fused-ring (bicyclic) bond motifs is 1. The summed E-state index contributed by atoms with van der Waals surface area (Å²) in [5.41, 5.74) is 8.80. The number of rotatable bonds is 4. The summed E-state index contributed by atoms with van der Waals surface area (Å²) in [6.07, 6.45) is 5.30. The highest BCUT2D eigenvalue weighted by molar-refractivity contribution is 5.36. The first-order chi connectivity index (χ1) is 9.79. The zero-order valence-corrected chi connectivity index (χ0v) is 11.9. The van der Waals surface area contributed by atoms with Gasteiger partial charge in [-0.3, -0.25) is 0 Å². The van der Waals surface area contributed by atoms with Crippen LogP contribution in [0.2, 0.25) is 0 Å². The molecular formula is C16H21N3O. The molecule has 1 aliphatic rings. The Labute approximate surface area is 119 Å². The molecule has 0 saturated heterocycles. The molecule has 2 N–H and O–H groups in total. The van der Waals surface area contributed by atoms with E-state index in [0.29, 0.717) is 5.89 Å². The van der Waals surface area contributed by atoms with Crippen LogP contribution in [0.25, 0.3) is 0 Å². The van der Waals surface area contributed by atoms with Gasteiger partial charge >= 0.3 is 0 Å². The lowest BCUT2D eigenvalue weighted by Crippen LogP contribution is -2.13. The summed E-state index contributed by atoms with van der Waals surface area (Å²) in [7, 11) is 0. The quantitative estimate of drug-likeness (QED) is 0.926. The van der Waals surface area contributed by atoms with E-state index in [4.69, 9.17) is 10.3 Å². The lowest BCUT2D eigenvalue weighted by Gasteiger charge is -2.22. The Morgan fingerprint density at radius 1 is 1.40 bits per heavy atom. The molecule has 0 bridgehead atoms. The molecule has 2 aromatic rings. The number of hydrogen-bond donors (Lipinski definition) is 1. The summed E-state index contributed by atoms with van der Waals surface area (Å²) in [6, 6.07) is 8.42. The third-order valence-electron chi connectivity index (χ3n) is 4.06. The molecular weight excluding hydrogens is 250 g/mol. The van der Waals surface area contributed by atoms with Crippen LogP contribution in [0.4, 0.5) is 0 Å². The number of aryl methyl sites for hydroxylation is 1. The molecule has 1 aromatic carbocycles. The van der Waals surface area contributed by atoms with Crippen LogP contribution in [0.15, 0.2) is 28.8 Å². The minimum Gasteiger partial charge on any atom is -0.338 e. The van der Waals surface area contributed by atoms with E-state index in [9.17, 15) is 0 Å². The molecule has 2 atom stereocenters. The molecule has 2 unspecified atom stereocenters. The van der Waals surface area contributed by atoms with Gasteiger partial charge in [0.2, 0.25) is 5.89 Å². The van der Waals surface area contributed by atoms with Gasteiger partial charge in [0.15, 0.2) is 5.82 Å². The van der Waals surface area contributed by atoms with Crippen molar-refractivity contribution in [2.75, 3.05) is 0 Å². The average Bonchev–Trinajstić information content (AvgIpc) is 2.97. The van der Waals surface area contributed by atoms with Crippen LogP contribution in [0, 0.1) is 0 Å². The Morgan fingerprint density at radius 2 is 2.25 bits per heavy atom. The number of benzene rings is 1. The lowest BCUT2D eigenvalue weighted by molar-refractivity contribution is 0.342. The Balaban J connectivity index is 1.87. The summed E-state index contributed by atoms with van der Waals surface area (Å²) < 4.78 is 5.36. The van der Waals surface area contributed by atoms with Gasteiger partial charge in [-0.1, -0.05) is 42.8 Å². The Hall–Kier alpha value is -1.68. The fourth-order valence-corrected chi connectivity index (χ4v) is 3.00. The van der Waals surface area contributed by atoms with Gasteiger partial charge in [0.05, 0.1) is 6.04 Å². The van der Waals surface area contributed by atoms with E-state index in [2.05, 4.69) is 41.3 Å². The highest BCUT2D eigenvalue weighted by Gasteiger charge is 2.26. The third kappa shape index (κ3) is 2.48. The summed E-state index contributed by atoms with van der Waals surface area (Å²) >= 11 is 0. The van der Waals surface area contributed by atoms with Crippen molar-refractivity contribution in [1.82, 2.24) is 10.1 Å². The summed E-state index contributed by atoms with van der Waals surface area (Å²) in [6.45, 7) is 2.11. The zero-order chi connectivity index (χ0) is 13.9. The first-order valence-electron chi connectivity index (χ1n) is 7.46. The zero-order valence-electron chi connectivity index (χ0n) is 11.9. The second kappa shape index (κ2) is 5.75. The SMILES string of the molecule is CCCC(N)c1nc(C2CCCc3ccccc32)no1. The maximum atomic E-state index is 6.05. The fraction of sp³-hybridized carbons (Fsp3) is 0.500. The molecule has 0 amide bonds. The molecule has 1 heterocycles. The first kappa shape index (κ1) is 13.3. The van der Waals surface area contributed by atoms with E-state index in [1.165, 1.54) is 17.5 Å². The molecule has 0 saturated carbocycles. The molecule has 0 spiro atoms. The van der Waals surface area contributed by atoms with Crippen LogP contribution in [0.3, 0.4) is 0 Å². The average molecular weight is 271 g/mol. The molecule has 3 rings (SSSR count). The first-order valence-corrected chi connectivity index (χ1v) is 7.46. The second-order valence-corrected chi connectivity index (χ2v) is 5.53. The van der Waals surface area contributed by atoms with Crippen molar-refractivity contribution in [3.8, 4) is 0 Å². The molecule has 0 aliphatic heterocycles. The van der Waals surface area contributed by atoms with Crippen LogP contribution in [-0.4, -0.2) is 10.1 Å². The summed E-state index contributed by atoms with van der Waals surface area (Å²) in [5, 5.41) is 4.18. The molecule has 20 heavy (non-hydrogen) atoms. The van der Waals surface area contributed by atoms with E-state index in [1.807, 2.05) is 0 Å². The van der Waals surface area contributed by atoms with E-state index in [0.717, 1.165) is 31.5 Å². The largest absolute Gasteiger partial charge is 0.338 e. The van der Waals surface area contributed by atoms with Crippen LogP contribution in [-0.2, 0) is 6.42 Å². The van der Waals surface area contributed by atoms with Crippen molar-refractivity contribution < 1.29 is 4.52 Å². The Kier molecular flexibility index (Phi) is 3.83. The number of hydrogen-bond acceptors (Lipinski definition) is 4. The van der Waals surface area contributed by atoms with Crippen molar-refractivity contribution in [2.24, 2.45) is 5.73 Å². The molecule has 4 nitrogen and oxygen atoms in total. The van der Waals surface area contributed by atoms with Crippen molar-refractivity contribution >= 4 is 0 Å². The maximum Gasteiger partial charge on any atom is 0.243 e. The van der Waals surface area contributed by atoms with E-state index < -0.39 is 0 Å². The second-order valence-electron chi connectivity index (χ2n) is 5.53. The van der Waals surface area contributed by atoms with Crippen molar-refractivity contribution in [2.45, 2.75) is 51.0 Å². The van der Waals surface area contributed by atoms with Crippen LogP contribution in [0.5, 0.6) is 0 Å². The molecule has 1 aromatic heterocycles. The van der Waals surface area contributed by atoms with E-state index in [1.54, 1.807) is 0 Å². The number of nitrogens with two attached hydrogens (primary N) is 1. The fourth-order valence-electron chi connectivity index (χ4n) is 3.00. The maximum absolute atomic E-state index is 6.05. The minimum atomic E-state index is -0.139. The van der Waals surface area contributed by atoms with Gasteiger partial charge in [-0.2, -0.15) is 4.98 Å². The molecule has 4 heteroatoms. The normalized spacial score (nSPS) is 19.6. The van der Waals surface area contributed by atoms with Gasteiger partial charge in [0.25, 0.3) is 0 Å². The van der Waals surface area contributed by atoms with Gasteiger partial charge in [-0.15, -0.1) is 0 Å².